The van der Waals surface area contributed by atoms with Crippen molar-refractivity contribution in [1.82, 2.24) is 14.9 Å². The summed E-state index contributed by atoms with van der Waals surface area (Å²) in [6, 6.07) is 13.0. The van der Waals surface area contributed by atoms with Crippen molar-refractivity contribution in [2.75, 3.05) is 18.8 Å². The first-order chi connectivity index (χ1) is 12.6. The molecule has 6 heteroatoms. The lowest BCUT2D eigenvalue weighted by molar-refractivity contribution is 0.0787. The molecular weight excluding hydrogens is 348 g/mol. The summed E-state index contributed by atoms with van der Waals surface area (Å²) in [7, 11) is 0. The summed E-state index contributed by atoms with van der Waals surface area (Å²) in [5.41, 5.74) is 8.01. The molecule has 5 nitrogen and oxygen atoms in total. The Morgan fingerprint density at radius 1 is 1.12 bits per heavy atom. The van der Waals surface area contributed by atoms with Gasteiger partial charge < -0.3 is 10.6 Å². The lowest BCUT2D eigenvalue weighted by Crippen LogP contribution is -2.28. The summed E-state index contributed by atoms with van der Waals surface area (Å²) in [4.78, 5) is 22.7. The maximum absolute atomic E-state index is 12.3. The van der Waals surface area contributed by atoms with Gasteiger partial charge in [0.1, 0.15) is 11.5 Å². The van der Waals surface area contributed by atoms with Crippen molar-refractivity contribution in [3.8, 4) is 0 Å². The minimum absolute atomic E-state index is 0.00850. The van der Waals surface area contributed by atoms with Gasteiger partial charge in [-0.2, -0.15) is 0 Å². The highest BCUT2D eigenvalue weighted by atomic mass is 35.5. The van der Waals surface area contributed by atoms with Gasteiger partial charge in [0, 0.05) is 29.7 Å². The van der Waals surface area contributed by atoms with Crippen molar-refractivity contribution in [3.63, 3.8) is 0 Å². The smallest absolute Gasteiger partial charge is 0.272 e. The van der Waals surface area contributed by atoms with Gasteiger partial charge in [0.25, 0.3) is 5.91 Å². The number of nitrogen functional groups attached to an aromatic ring is 1. The summed E-state index contributed by atoms with van der Waals surface area (Å²) in [5.74, 6) is 0.461. The van der Waals surface area contributed by atoms with Gasteiger partial charge in [-0.1, -0.05) is 29.8 Å². The third-order valence-corrected chi connectivity index (χ3v) is 4.54. The Morgan fingerprint density at radius 2 is 1.81 bits per heavy atom. The van der Waals surface area contributed by atoms with E-state index in [1.807, 2.05) is 48.2 Å². The van der Waals surface area contributed by atoms with Crippen molar-refractivity contribution in [2.24, 2.45) is 0 Å². The zero-order chi connectivity index (χ0) is 18.5. The molecule has 0 radical (unpaired) electrons. The van der Waals surface area contributed by atoms with E-state index in [2.05, 4.69) is 9.97 Å². The Bertz CT molecular complexity index is 908. The number of benzene rings is 1. The van der Waals surface area contributed by atoms with Crippen LogP contribution in [0.2, 0.25) is 5.02 Å². The van der Waals surface area contributed by atoms with Crippen LogP contribution in [0.3, 0.4) is 0 Å². The van der Waals surface area contributed by atoms with Gasteiger partial charge in [0.05, 0.1) is 5.52 Å². The quantitative estimate of drug-likeness (QED) is 0.702. The Morgan fingerprint density at radius 3 is 2.42 bits per heavy atom. The Hall–Kier alpha value is -2.66. The van der Waals surface area contributed by atoms with Crippen LogP contribution >= 0.6 is 11.6 Å². The van der Waals surface area contributed by atoms with Crippen LogP contribution in [0.4, 0.5) is 5.82 Å². The predicted octanol–water partition coefficient (Wildman–Crippen LogP) is 4.10. The van der Waals surface area contributed by atoms with Crippen LogP contribution in [0.5, 0.6) is 0 Å². The fourth-order valence-electron chi connectivity index (χ4n) is 2.88. The molecule has 134 valence electrons. The van der Waals surface area contributed by atoms with Crippen LogP contribution in [0.15, 0.2) is 48.7 Å². The number of nitrogens with two attached hydrogens (primary N) is 1. The molecular formula is C20H21ClN4O. The number of carbonyl (C=O) groups excluding carboxylic acids is 1. The minimum atomic E-state index is 0.00850. The molecule has 1 aliphatic rings. The Kier molecular flexibility index (Phi) is 5.68. The van der Waals surface area contributed by atoms with E-state index < -0.39 is 0 Å². The monoisotopic (exact) mass is 368 g/mol. The SMILES string of the molecule is Cc1cnc(N)c2ccc(C(=O)N3CCCC3)nc12.Clc1ccccc1. The molecule has 0 unspecified atom stereocenters. The van der Waals surface area contributed by atoms with Crippen molar-refractivity contribution in [3.05, 3.63) is 64.9 Å². The van der Waals surface area contributed by atoms with E-state index in [0.29, 0.717) is 11.5 Å². The second-order valence-electron chi connectivity index (χ2n) is 6.21. The Balaban J connectivity index is 0.000000236. The number of pyridine rings is 2. The number of nitrogens with zero attached hydrogens (tertiary/aromatic N) is 3. The van der Waals surface area contributed by atoms with Crippen molar-refractivity contribution < 1.29 is 4.79 Å². The summed E-state index contributed by atoms with van der Waals surface area (Å²) in [5, 5.41) is 1.60. The molecule has 0 spiro atoms. The average molecular weight is 369 g/mol. The summed E-state index contributed by atoms with van der Waals surface area (Å²) >= 11 is 5.54. The highest BCUT2D eigenvalue weighted by molar-refractivity contribution is 6.30. The Labute approximate surface area is 157 Å². The second kappa shape index (κ2) is 8.15. The first kappa shape index (κ1) is 18.1. The summed E-state index contributed by atoms with van der Waals surface area (Å²) in [6.45, 7) is 3.58. The van der Waals surface area contributed by atoms with Gasteiger partial charge in [0.2, 0.25) is 0 Å². The average Bonchev–Trinajstić information content (AvgIpc) is 3.20. The zero-order valence-corrected chi connectivity index (χ0v) is 15.4. The van der Waals surface area contributed by atoms with E-state index >= 15 is 0 Å². The molecule has 1 amide bonds. The second-order valence-corrected chi connectivity index (χ2v) is 6.65. The van der Waals surface area contributed by atoms with E-state index in [1.165, 1.54) is 0 Å². The lowest BCUT2D eigenvalue weighted by Gasteiger charge is -2.15. The molecule has 4 rings (SSSR count). The van der Waals surface area contributed by atoms with Crippen LogP contribution in [0.1, 0.15) is 28.9 Å². The number of likely N-dealkylation sites (tertiary alicyclic amines) is 1. The number of fused-ring (bicyclic) bond motifs is 1. The maximum Gasteiger partial charge on any atom is 0.272 e. The molecule has 2 aromatic heterocycles. The first-order valence-electron chi connectivity index (χ1n) is 8.58. The third kappa shape index (κ3) is 4.11. The number of amides is 1. The molecule has 1 fully saturated rings. The van der Waals surface area contributed by atoms with Gasteiger partial charge in [-0.05, 0) is 49.6 Å². The maximum atomic E-state index is 12.3. The van der Waals surface area contributed by atoms with E-state index in [0.717, 1.165) is 47.4 Å². The summed E-state index contributed by atoms with van der Waals surface area (Å²) in [6.07, 6.45) is 3.85. The molecule has 1 aliphatic heterocycles. The highest BCUT2D eigenvalue weighted by Gasteiger charge is 2.21. The van der Waals surface area contributed by atoms with Crippen molar-refractivity contribution in [2.45, 2.75) is 19.8 Å². The standard InChI is InChI=1S/C14H16N4O.C6H5Cl/c1-9-8-16-13(15)10-4-5-11(17-12(9)10)14(19)18-6-2-3-7-18;7-6-4-2-1-3-5-6/h4-5,8H,2-3,6-7H2,1H3,(H2,15,16);1-5H. The fraction of sp³-hybridized carbons (Fsp3) is 0.250. The van der Waals surface area contributed by atoms with Crippen LogP contribution < -0.4 is 5.73 Å². The third-order valence-electron chi connectivity index (χ3n) is 4.29. The van der Waals surface area contributed by atoms with Gasteiger partial charge in [0.15, 0.2) is 0 Å². The van der Waals surface area contributed by atoms with E-state index in [4.69, 9.17) is 17.3 Å². The van der Waals surface area contributed by atoms with Crippen LogP contribution in [0.25, 0.3) is 10.9 Å². The van der Waals surface area contributed by atoms with E-state index in [-0.39, 0.29) is 5.91 Å². The number of rotatable bonds is 1. The molecule has 0 saturated carbocycles. The topological polar surface area (TPSA) is 72.1 Å². The largest absolute Gasteiger partial charge is 0.383 e. The minimum Gasteiger partial charge on any atom is -0.383 e. The number of hydrogen-bond donors (Lipinski definition) is 1. The summed E-state index contributed by atoms with van der Waals surface area (Å²) < 4.78 is 0. The van der Waals surface area contributed by atoms with Gasteiger partial charge in [-0.15, -0.1) is 0 Å². The van der Waals surface area contributed by atoms with Gasteiger partial charge >= 0.3 is 0 Å². The van der Waals surface area contributed by atoms with Crippen LogP contribution in [0, 0.1) is 6.92 Å². The molecule has 26 heavy (non-hydrogen) atoms. The molecule has 1 aromatic carbocycles. The normalized spacial score (nSPS) is 13.4. The number of carbonyl (C=O) groups is 1. The number of aryl methyl sites for hydroxylation is 1. The molecule has 1 saturated heterocycles. The van der Waals surface area contributed by atoms with Crippen LogP contribution in [-0.4, -0.2) is 33.9 Å². The van der Waals surface area contributed by atoms with Crippen molar-refractivity contribution >= 4 is 34.2 Å². The molecule has 3 aromatic rings. The fourth-order valence-corrected chi connectivity index (χ4v) is 3.02. The van der Waals surface area contributed by atoms with Crippen molar-refractivity contribution in [1.29, 1.82) is 0 Å². The number of anilines is 1. The predicted molar refractivity (Wildman–Crippen MR) is 105 cm³/mol. The highest BCUT2D eigenvalue weighted by Crippen LogP contribution is 2.21. The number of halogens is 1. The zero-order valence-electron chi connectivity index (χ0n) is 14.7. The molecule has 3 heterocycles. The molecule has 0 atom stereocenters. The molecule has 0 bridgehead atoms. The molecule has 2 N–H and O–H groups in total. The lowest BCUT2D eigenvalue weighted by atomic mass is 10.1. The van der Waals surface area contributed by atoms with Crippen LogP contribution in [-0.2, 0) is 0 Å². The van der Waals surface area contributed by atoms with E-state index in [1.54, 1.807) is 12.3 Å². The van der Waals surface area contributed by atoms with E-state index in [9.17, 15) is 4.79 Å². The number of aromatic nitrogens is 2. The van der Waals surface area contributed by atoms with Gasteiger partial charge in [-0.3, -0.25) is 4.79 Å². The molecule has 0 aliphatic carbocycles. The number of hydrogen-bond acceptors (Lipinski definition) is 4. The first-order valence-corrected chi connectivity index (χ1v) is 8.95. The van der Waals surface area contributed by atoms with Gasteiger partial charge in [-0.25, -0.2) is 9.97 Å².